The summed E-state index contributed by atoms with van der Waals surface area (Å²) in [5, 5.41) is 6.69. The number of hydrogen-bond donors (Lipinski definition) is 2. The third kappa shape index (κ3) is 3.99. The zero-order valence-electron chi connectivity index (χ0n) is 17.7. The van der Waals surface area contributed by atoms with Gasteiger partial charge in [-0.3, -0.25) is 4.79 Å². The monoisotopic (exact) mass is 402 g/mol. The van der Waals surface area contributed by atoms with Crippen LogP contribution in [0.4, 0.5) is 23.1 Å². The van der Waals surface area contributed by atoms with E-state index in [2.05, 4.69) is 22.5 Å². The Kier molecular flexibility index (Phi) is 5.40. The van der Waals surface area contributed by atoms with Crippen molar-refractivity contribution in [1.82, 2.24) is 9.97 Å². The van der Waals surface area contributed by atoms with Gasteiger partial charge in [-0.2, -0.15) is 4.98 Å². The number of ether oxygens (including phenoxy) is 1. The number of hydrogen-bond acceptors (Lipinski definition) is 6. The minimum absolute atomic E-state index is 0.0912. The number of nitrogens with zero attached hydrogens (tertiary/aromatic N) is 2. The van der Waals surface area contributed by atoms with Crippen LogP contribution in [0.2, 0.25) is 0 Å². The number of rotatable bonds is 5. The first-order valence-electron chi connectivity index (χ1n) is 10.1. The molecule has 3 aromatic rings. The molecular weight excluding hydrogens is 376 g/mol. The van der Waals surface area contributed by atoms with Gasteiger partial charge in [0.25, 0.3) is 0 Å². The van der Waals surface area contributed by atoms with Crippen molar-refractivity contribution in [1.29, 1.82) is 0 Å². The molecule has 30 heavy (non-hydrogen) atoms. The zero-order chi connectivity index (χ0) is 21.3. The van der Waals surface area contributed by atoms with Crippen molar-refractivity contribution in [3.8, 4) is 5.75 Å². The van der Waals surface area contributed by atoms with Crippen molar-refractivity contribution in [2.75, 3.05) is 17.7 Å². The molecule has 4 rings (SSSR count). The number of fused-ring (bicyclic) bond motifs is 1. The number of aryl methyl sites for hydroxylation is 2. The molecule has 1 aromatic heterocycles. The molecule has 1 aliphatic carbocycles. The molecule has 6 nitrogen and oxygen atoms in total. The summed E-state index contributed by atoms with van der Waals surface area (Å²) in [6.07, 6.45) is 1.27. The molecule has 154 valence electrons. The average molecular weight is 402 g/mol. The maximum absolute atomic E-state index is 12.9. The summed E-state index contributed by atoms with van der Waals surface area (Å²) in [6, 6.07) is 13.7. The minimum Gasteiger partial charge on any atom is -0.497 e. The van der Waals surface area contributed by atoms with Crippen LogP contribution in [0.25, 0.3) is 0 Å². The summed E-state index contributed by atoms with van der Waals surface area (Å²) in [5.41, 5.74) is 5.42. The second-order valence-corrected chi connectivity index (χ2v) is 7.90. The highest BCUT2D eigenvalue weighted by atomic mass is 16.5. The van der Waals surface area contributed by atoms with Gasteiger partial charge < -0.3 is 15.4 Å². The molecule has 0 aliphatic heterocycles. The lowest BCUT2D eigenvalue weighted by Crippen LogP contribution is -2.22. The van der Waals surface area contributed by atoms with Crippen LogP contribution in [0.15, 0.2) is 42.5 Å². The summed E-state index contributed by atoms with van der Waals surface area (Å²) < 4.78 is 5.22. The molecule has 1 atom stereocenters. The van der Waals surface area contributed by atoms with Crippen LogP contribution in [0, 0.1) is 19.8 Å². The Labute approximate surface area is 176 Å². The van der Waals surface area contributed by atoms with Gasteiger partial charge in [0.2, 0.25) is 5.95 Å². The first kappa shape index (κ1) is 19.9. The van der Waals surface area contributed by atoms with Crippen molar-refractivity contribution >= 4 is 28.9 Å². The van der Waals surface area contributed by atoms with Crippen LogP contribution in [-0.2, 0) is 6.42 Å². The Hall–Kier alpha value is -3.41. The van der Waals surface area contributed by atoms with Crippen molar-refractivity contribution in [2.45, 2.75) is 33.6 Å². The van der Waals surface area contributed by atoms with Crippen molar-refractivity contribution < 1.29 is 9.53 Å². The van der Waals surface area contributed by atoms with E-state index in [9.17, 15) is 4.79 Å². The fourth-order valence-corrected chi connectivity index (χ4v) is 3.85. The van der Waals surface area contributed by atoms with E-state index in [1.807, 2.05) is 56.3 Å². The van der Waals surface area contributed by atoms with Crippen LogP contribution in [-0.4, -0.2) is 22.9 Å². The molecule has 0 amide bonds. The predicted molar refractivity (Wildman–Crippen MR) is 119 cm³/mol. The van der Waals surface area contributed by atoms with Crippen LogP contribution >= 0.6 is 0 Å². The Bertz CT molecular complexity index is 1070. The maximum Gasteiger partial charge on any atom is 0.229 e. The Morgan fingerprint density at radius 1 is 0.967 bits per heavy atom. The number of Topliss-reactive ketones (excluding diaryl/α,β-unsaturated/α-hetero) is 1. The fourth-order valence-electron chi connectivity index (χ4n) is 3.85. The van der Waals surface area contributed by atoms with E-state index in [0.717, 1.165) is 40.4 Å². The quantitative estimate of drug-likeness (QED) is 0.599. The Morgan fingerprint density at radius 2 is 1.67 bits per heavy atom. The first-order valence-corrected chi connectivity index (χ1v) is 10.1. The lowest BCUT2D eigenvalue weighted by Gasteiger charge is -2.23. The molecule has 0 saturated carbocycles. The molecule has 0 fully saturated rings. The van der Waals surface area contributed by atoms with Gasteiger partial charge in [0.05, 0.1) is 18.4 Å². The van der Waals surface area contributed by atoms with Crippen molar-refractivity contribution in [3.05, 3.63) is 64.8 Å². The van der Waals surface area contributed by atoms with E-state index in [1.165, 1.54) is 0 Å². The second kappa shape index (κ2) is 8.14. The summed E-state index contributed by atoms with van der Waals surface area (Å²) in [4.78, 5) is 22.2. The molecule has 0 spiro atoms. The van der Waals surface area contributed by atoms with Gasteiger partial charge in [-0.15, -0.1) is 0 Å². The zero-order valence-corrected chi connectivity index (χ0v) is 17.7. The highest BCUT2D eigenvalue weighted by Gasteiger charge is 2.28. The number of benzene rings is 2. The molecule has 6 heteroatoms. The number of carbonyl (C=O) groups excluding carboxylic acids is 1. The smallest absolute Gasteiger partial charge is 0.229 e. The number of methoxy groups -OCH3 is 1. The molecular formula is C24H26N4O2. The molecule has 1 heterocycles. The normalized spacial score (nSPS) is 15.5. The first-order chi connectivity index (χ1) is 14.4. The number of aromatic nitrogens is 2. The van der Waals surface area contributed by atoms with Crippen LogP contribution in [0.1, 0.15) is 40.5 Å². The largest absolute Gasteiger partial charge is 0.497 e. The third-order valence-corrected chi connectivity index (χ3v) is 5.41. The third-order valence-electron chi connectivity index (χ3n) is 5.41. The van der Waals surface area contributed by atoms with Crippen LogP contribution in [0.5, 0.6) is 5.75 Å². The standard InChI is InChI=1S/C24H26N4O2/c1-14-12-19-21(20(29)13-14)23(27-22-15(2)6-5-7-16(22)3)28-24(26-19)25-17-8-10-18(30-4)11-9-17/h5-11,14H,12-13H2,1-4H3,(H2,25,26,27,28). The van der Waals surface area contributed by atoms with E-state index in [-0.39, 0.29) is 11.7 Å². The summed E-state index contributed by atoms with van der Waals surface area (Å²) in [5.74, 6) is 2.17. The van der Waals surface area contributed by atoms with Gasteiger partial charge in [-0.05, 0) is 61.6 Å². The topological polar surface area (TPSA) is 76.1 Å². The number of carbonyl (C=O) groups is 1. The molecule has 2 aromatic carbocycles. The van der Waals surface area contributed by atoms with E-state index in [1.54, 1.807) is 7.11 Å². The predicted octanol–water partition coefficient (Wildman–Crippen LogP) is 5.35. The molecule has 0 bridgehead atoms. The molecule has 2 N–H and O–H groups in total. The summed E-state index contributed by atoms with van der Waals surface area (Å²) in [6.45, 7) is 6.17. The number of nitrogens with one attached hydrogen (secondary N) is 2. The van der Waals surface area contributed by atoms with Gasteiger partial charge in [-0.25, -0.2) is 4.98 Å². The Balaban J connectivity index is 1.76. The van der Waals surface area contributed by atoms with E-state index in [4.69, 9.17) is 9.72 Å². The van der Waals surface area contributed by atoms with Gasteiger partial charge in [0.1, 0.15) is 11.6 Å². The van der Waals surface area contributed by atoms with Gasteiger partial charge in [-0.1, -0.05) is 25.1 Å². The number of para-hydroxylation sites is 1. The van der Waals surface area contributed by atoms with E-state index < -0.39 is 0 Å². The van der Waals surface area contributed by atoms with Gasteiger partial charge in [0.15, 0.2) is 5.78 Å². The number of anilines is 4. The lowest BCUT2D eigenvalue weighted by atomic mass is 9.87. The molecule has 0 radical (unpaired) electrons. The van der Waals surface area contributed by atoms with E-state index >= 15 is 0 Å². The maximum atomic E-state index is 12.9. The number of ketones is 1. The van der Waals surface area contributed by atoms with Gasteiger partial charge >= 0.3 is 0 Å². The Morgan fingerprint density at radius 3 is 2.33 bits per heavy atom. The minimum atomic E-state index is 0.0912. The fraction of sp³-hybridized carbons (Fsp3) is 0.292. The lowest BCUT2D eigenvalue weighted by molar-refractivity contribution is 0.0952. The van der Waals surface area contributed by atoms with Crippen LogP contribution in [0.3, 0.4) is 0 Å². The SMILES string of the molecule is COc1ccc(Nc2nc3c(c(Nc4c(C)cccc4C)n2)C(=O)CC(C)C3)cc1. The van der Waals surface area contributed by atoms with E-state index in [0.29, 0.717) is 23.8 Å². The highest BCUT2D eigenvalue weighted by molar-refractivity contribution is 6.03. The van der Waals surface area contributed by atoms with Crippen molar-refractivity contribution in [2.24, 2.45) is 5.92 Å². The van der Waals surface area contributed by atoms with Crippen LogP contribution < -0.4 is 15.4 Å². The molecule has 1 unspecified atom stereocenters. The highest BCUT2D eigenvalue weighted by Crippen LogP contribution is 2.33. The molecule has 0 saturated heterocycles. The molecule has 1 aliphatic rings. The summed E-state index contributed by atoms with van der Waals surface area (Å²) >= 11 is 0. The summed E-state index contributed by atoms with van der Waals surface area (Å²) in [7, 11) is 1.64. The van der Waals surface area contributed by atoms with Crippen molar-refractivity contribution in [3.63, 3.8) is 0 Å². The average Bonchev–Trinajstić information content (AvgIpc) is 2.70. The van der Waals surface area contributed by atoms with Gasteiger partial charge in [0, 0.05) is 17.8 Å². The second-order valence-electron chi connectivity index (χ2n) is 7.90.